The lowest BCUT2D eigenvalue weighted by Gasteiger charge is -2.12. The van der Waals surface area contributed by atoms with Crippen LogP contribution >= 0.6 is 23.1 Å². The van der Waals surface area contributed by atoms with Gasteiger partial charge in [0.1, 0.15) is 4.83 Å². The van der Waals surface area contributed by atoms with E-state index in [1.807, 2.05) is 45.9 Å². The summed E-state index contributed by atoms with van der Waals surface area (Å²) in [6.07, 6.45) is 0. The highest BCUT2D eigenvalue weighted by atomic mass is 32.2. The summed E-state index contributed by atoms with van der Waals surface area (Å²) in [6, 6.07) is 5.88. The number of fused-ring (bicyclic) bond motifs is 1. The fraction of sp³-hybridized carbons (Fsp3) is 0.381. The number of carbonyl (C=O) groups excluding carboxylic acids is 1. The van der Waals surface area contributed by atoms with Crippen LogP contribution in [0.15, 0.2) is 28.2 Å². The molecule has 0 atom stereocenters. The van der Waals surface area contributed by atoms with E-state index in [9.17, 15) is 9.59 Å². The maximum Gasteiger partial charge on any atom is 0.263 e. The van der Waals surface area contributed by atoms with Gasteiger partial charge < -0.3 is 4.74 Å². The number of ether oxygens (including phenoxy) is 1. The number of aryl methyl sites for hydroxylation is 4. The van der Waals surface area contributed by atoms with Crippen LogP contribution in [0.4, 0.5) is 0 Å². The maximum absolute atomic E-state index is 13.1. The molecule has 28 heavy (non-hydrogen) atoms. The monoisotopic (exact) mass is 416 g/mol. The van der Waals surface area contributed by atoms with Crippen LogP contribution in [-0.4, -0.2) is 34.8 Å². The number of carbonyl (C=O) groups is 1. The second-order valence-electron chi connectivity index (χ2n) is 6.84. The van der Waals surface area contributed by atoms with Crippen LogP contribution in [-0.2, 0) is 11.3 Å². The topological polar surface area (TPSA) is 61.2 Å². The van der Waals surface area contributed by atoms with Gasteiger partial charge in [-0.2, -0.15) is 0 Å². The molecule has 148 valence electrons. The van der Waals surface area contributed by atoms with Gasteiger partial charge in [-0.25, -0.2) is 4.98 Å². The predicted molar refractivity (Wildman–Crippen MR) is 116 cm³/mol. The molecule has 0 bridgehead atoms. The minimum atomic E-state index is -0.0643. The molecule has 0 saturated carbocycles. The first-order valence-electron chi connectivity index (χ1n) is 9.06. The van der Waals surface area contributed by atoms with Gasteiger partial charge in [0.2, 0.25) is 0 Å². The van der Waals surface area contributed by atoms with Crippen molar-refractivity contribution in [2.75, 3.05) is 19.5 Å². The third-order valence-electron chi connectivity index (χ3n) is 4.80. The van der Waals surface area contributed by atoms with Crippen molar-refractivity contribution in [3.05, 3.63) is 55.7 Å². The molecule has 0 aliphatic carbocycles. The molecular formula is C21H24N2O3S2. The third-order valence-corrected chi connectivity index (χ3v) is 6.88. The van der Waals surface area contributed by atoms with Crippen molar-refractivity contribution in [3.8, 4) is 0 Å². The molecule has 1 aromatic carbocycles. The number of ketones is 1. The van der Waals surface area contributed by atoms with E-state index in [-0.39, 0.29) is 17.1 Å². The summed E-state index contributed by atoms with van der Waals surface area (Å²) in [7, 11) is 1.60. The Balaban J connectivity index is 1.96. The summed E-state index contributed by atoms with van der Waals surface area (Å²) < 4.78 is 6.80. The Bertz CT molecular complexity index is 1100. The Labute approximate surface area is 172 Å². The highest BCUT2D eigenvalue weighted by Crippen LogP contribution is 2.28. The van der Waals surface area contributed by atoms with Gasteiger partial charge in [0, 0.05) is 17.6 Å². The third kappa shape index (κ3) is 4.06. The molecular weight excluding hydrogens is 392 g/mol. The van der Waals surface area contributed by atoms with Crippen molar-refractivity contribution < 1.29 is 9.53 Å². The van der Waals surface area contributed by atoms with Gasteiger partial charge in [0.15, 0.2) is 10.9 Å². The van der Waals surface area contributed by atoms with E-state index < -0.39 is 0 Å². The largest absolute Gasteiger partial charge is 0.383 e. The van der Waals surface area contributed by atoms with E-state index in [1.165, 1.54) is 23.1 Å². The molecule has 0 aliphatic rings. The summed E-state index contributed by atoms with van der Waals surface area (Å²) in [5.41, 5.74) is 3.65. The van der Waals surface area contributed by atoms with Crippen LogP contribution in [0.2, 0.25) is 0 Å². The second kappa shape index (κ2) is 8.59. The molecule has 0 spiro atoms. The Morgan fingerprint density at radius 3 is 2.71 bits per heavy atom. The highest BCUT2D eigenvalue weighted by Gasteiger charge is 2.18. The number of thioether (sulfide) groups is 1. The van der Waals surface area contributed by atoms with Crippen LogP contribution in [0.5, 0.6) is 0 Å². The van der Waals surface area contributed by atoms with Crippen LogP contribution in [0.25, 0.3) is 10.2 Å². The fourth-order valence-corrected chi connectivity index (χ4v) is 5.02. The molecule has 0 N–H and O–H groups in total. The maximum atomic E-state index is 13.1. The first-order valence-corrected chi connectivity index (χ1v) is 10.9. The van der Waals surface area contributed by atoms with E-state index in [4.69, 9.17) is 9.72 Å². The molecule has 0 amide bonds. The summed E-state index contributed by atoms with van der Waals surface area (Å²) >= 11 is 2.83. The number of Topliss-reactive ketones (excluding diaryl/α,β-unsaturated/α-hetero) is 1. The average molecular weight is 417 g/mol. The van der Waals surface area contributed by atoms with Gasteiger partial charge >= 0.3 is 0 Å². The molecule has 0 fully saturated rings. The van der Waals surface area contributed by atoms with Crippen LogP contribution in [0, 0.1) is 27.7 Å². The minimum Gasteiger partial charge on any atom is -0.383 e. The Hall–Kier alpha value is -1.96. The molecule has 0 radical (unpaired) electrons. The molecule has 0 aliphatic heterocycles. The Kier molecular flexibility index (Phi) is 6.37. The van der Waals surface area contributed by atoms with Gasteiger partial charge in [-0.05, 0) is 44.9 Å². The lowest BCUT2D eigenvalue weighted by atomic mass is 10.0. The van der Waals surface area contributed by atoms with Gasteiger partial charge in [-0.3, -0.25) is 14.2 Å². The van der Waals surface area contributed by atoms with Gasteiger partial charge in [-0.1, -0.05) is 29.5 Å². The average Bonchev–Trinajstić information content (AvgIpc) is 2.95. The van der Waals surface area contributed by atoms with E-state index in [0.717, 1.165) is 32.0 Å². The van der Waals surface area contributed by atoms with E-state index in [2.05, 4.69) is 0 Å². The zero-order chi connectivity index (χ0) is 20.4. The summed E-state index contributed by atoms with van der Waals surface area (Å²) in [4.78, 5) is 32.4. The zero-order valence-electron chi connectivity index (χ0n) is 16.8. The van der Waals surface area contributed by atoms with Crippen molar-refractivity contribution in [1.29, 1.82) is 0 Å². The van der Waals surface area contributed by atoms with E-state index in [1.54, 1.807) is 11.7 Å². The minimum absolute atomic E-state index is 0.0392. The zero-order valence-corrected chi connectivity index (χ0v) is 18.4. The van der Waals surface area contributed by atoms with E-state index >= 15 is 0 Å². The molecule has 0 saturated heterocycles. The summed E-state index contributed by atoms with van der Waals surface area (Å²) in [5.74, 6) is 0.274. The molecule has 2 heterocycles. The highest BCUT2D eigenvalue weighted by molar-refractivity contribution is 7.99. The van der Waals surface area contributed by atoms with Crippen molar-refractivity contribution in [2.45, 2.75) is 39.4 Å². The van der Waals surface area contributed by atoms with Crippen LogP contribution in [0.1, 0.15) is 31.9 Å². The molecule has 5 nitrogen and oxygen atoms in total. The predicted octanol–water partition coefficient (Wildman–Crippen LogP) is 4.31. The van der Waals surface area contributed by atoms with Crippen molar-refractivity contribution in [2.24, 2.45) is 0 Å². The molecule has 7 heteroatoms. The van der Waals surface area contributed by atoms with Crippen molar-refractivity contribution in [3.63, 3.8) is 0 Å². The number of hydrogen-bond acceptors (Lipinski definition) is 6. The molecule has 0 unspecified atom stereocenters. The number of thiophene rings is 1. The Morgan fingerprint density at radius 2 is 2.00 bits per heavy atom. The number of rotatable bonds is 7. The lowest BCUT2D eigenvalue weighted by Crippen LogP contribution is -2.25. The number of nitrogens with zero attached hydrogens (tertiary/aromatic N) is 2. The molecule has 3 aromatic rings. The first-order chi connectivity index (χ1) is 13.3. The first kappa shape index (κ1) is 20.8. The second-order valence-corrected chi connectivity index (χ2v) is 8.98. The van der Waals surface area contributed by atoms with E-state index in [0.29, 0.717) is 23.7 Å². The van der Waals surface area contributed by atoms with Crippen LogP contribution < -0.4 is 5.56 Å². The van der Waals surface area contributed by atoms with Crippen molar-refractivity contribution in [1.82, 2.24) is 9.55 Å². The normalized spacial score (nSPS) is 11.3. The molecule has 3 rings (SSSR count). The smallest absolute Gasteiger partial charge is 0.263 e. The number of hydrogen-bond donors (Lipinski definition) is 0. The van der Waals surface area contributed by atoms with Crippen molar-refractivity contribution >= 4 is 39.1 Å². The number of aromatic nitrogens is 2. The quantitative estimate of drug-likeness (QED) is 0.326. The summed E-state index contributed by atoms with van der Waals surface area (Å²) in [5, 5.41) is 1.23. The summed E-state index contributed by atoms with van der Waals surface area (Å²) in [6.45, 7) is 8.68. The SMILES string of the molecule is COCCn1c(SCC(=O)c2cc(C)ccc2C)nc2sc(C)c(C)c2c1=O. The Morgan fingerprint density at radius 1 is 1.25 bits per heavy atom. The fourth-order valence-electron chi connectivity index (χ4n) is 3.04. The number of methoxy groups -OCH3 is 1. The lowest BCUT2D eigenvalue weighted by molar-refractivity contribution is 0.102. The number of benzene rings is 1. The van der Waals surface area contributed by atoms with Gasteiger partial charge in [0.05, 0.1) is 24.3 Å². The van der Waals surface area contributed by atoms with Crippen LogP contribution in [0.3, 0.4) is 0 Å². The molecule has 2 aromatic heterocycles. The van der Waals surface area contributed by atoms with Gasteiger partial charge in [0.25, 0.3) is 5.56 Å². The standard InChI is InChI=1S/C21H24N2O3S2/c1-12-6-7-13(2)16(10-12)17(24)11-27-21-22-19-18(14(3)15(4)28-19)20(25)23(21)8-9-26-5/h6-7,10H,8-9,11H2,1-5H3. The van der Waals surface area contributed by atoms with Gasteiger partial charge in [-0.15, -0.1) is 11.3 Å².